The first-order chi connectivity index (χ1) is 11.5. The SMILES string of the molecule is CCC(CO)N1CCN(C(=O)/C=C/c2ccc([N+](=O)[O-])cc2)CC1. The zero-order valence-electron chi connectivity index (χ0n) is 13.8. The Kier molecular flexibility index (Phi) is 6.45. The van der Waals surface area contributed by atoms with E-state index in [0.717, 1.165) is 25.1 Å². The number of carbonyl (C=O) groups is 1. The lowest BCUT2D eigenvalue weighted by Crippen LogP contribution is -2.52. The van der Waals surface area contributed by atoms with Crippen molar-refractivity contribution in [3.05, 3.63) is 46.0 Å². The number of hydrogen-bond donors (Lipinski definition) is 1. The molecule has 1 fully saturated rings. The van der Waals surface area contributed by atoms with Crippen molar-refractivity contribution >= 4 is 17.7 Å². The molecule has 0 bridgehead atoms. The van der Waals surface area contributed by atoms with E-state index in [2.05, 4.69) is 4.90 Å². The molecule has 0 aliphatic carbocycles. The molecule has 1 amide bonds. The van der Waals surface area contributed by atoms with Gasteiger partial charge in [0.2, 0.25) is 5.91 Å². The van der Waals surface area contributed by atoms with Crippen LogP contribution in [0.2, 0.25) is 0 Å². The van der Waals surface area contributed by atoms with E-state index in [4.69, 9.17) is 0 Å². The lowest BCUT2D eigenvalue weighted by molar-refractivity contribution is -0.384. The van der Waals surface area contributed by atoms with Crippen LogP contribution in [0.5, 0.6) is 0 Å². The Bertz CT molecular complexity index is 588. The number of aliphatic hydroxyl groups is 1. The summed E-state index contributed by atoms with van der Waals surface area (Å²) in [6, 6.07) is 6.24. The predicted molar refractivity (Wildman–Crippen MR) is 91.4 cm³/mol. The maximum absolute atomic E-state index is 12.2. The number of piperazine rings is 1. The Balaban J connectivity index is 1.88. The van der Waals surface area contributed by atoms with Crippen LogP contribution in [0.25, 0.3) is 6.08 Å². The Labute approximate surface area is 141 Å². The van der Waals surface area contributed by atoms with Crippen molar-refractivity contribution in [3.8, 4) is 0 Å². The summed E-state index contributed by atoms with van der Waals surface area (Å²) < 4.78 is 0. The molecule has 0 spiro atoms. The monoisotopic (exact) mass is 333 g/mol. The molecular formula is C17H23N3O4. The molecule has 0 saturated carbocycles. The van der Waals surface area contributed by atoms with Gasteiger partial charge in [-0.05, 0) is 30.2 Å². The first-order valence-corrected chi connectivity index (χ1v) is 8.11. The number of hydrogen-bond acceptors (Lipinski definition) is 5. The highest BCUT2D eigenvalue weighted by atomic mass is 16.6. The second-order valence-corrected chi connectivity index (χ2v) is 5.79. The van der Waals surface area contributed by atoms with E-state index in [1.165, 1.54) is 18.2 Å². The lowest BCUT2D eigenvalue weighted by Gasteiger charge is -2.38. The van der Waals surface area contributed by atoms with Gasteiger partial charge < -0.3 is 10.0 Å². The average Bonchev–Trinajstić information content (AvgIpc) is 2.61. The molecule has 0 radical (unpaired) electrons. The van der Waals surface area contributed by atoms with Gasteiger partial charge in [-0.2, -0.15) is 0 Å². The topological polar surface area (TPSA) is 86.9 Å². The van der Waals surface area contributed by atoms with Crippen molar-refractivity contribution in [3.63, 3.8) is 0 Å². The fourth-order valence-electron chi connectivity index (χ4n) is 2.79. The normalized spacial score (nSPS) is 17.2. The van der Waals surface area contributed by atoms with Gasteiger partial charge in [0.05, 0.1) is 11.5 Å². The van der Waals surface area contributed by atoms with Crippen molar-refractivity contribution in [1.29, 1.82) is 0 Å². The van der Waals surface area contributed by atoms with E-state index in [1.54, 1.807) is 23.1 Å². The third-order valence-electron chi connectivity index (χ3n) is 4.35. The second-order valence-electron chi connectivity index (χ2n) is 5.79. The van der Waals surface area contributed by atoms with E-state index in [9.17, 15) is 20.0 Å². The van der Waals surface area contributed by atoms with Crippen LogP contribution in [0.3, 0.4) is 0 Å². The highest BCUT2D eigenvalue weighted by molar-refractivity contribution is 5.91. The average molecular weight is 333 g/mol. The lowest BCUT2D eigenvalue weighted by atomic mass is 10.1. The molecule has 1 aromatic rings. The molecule has 7 nitrogen and oxygen atoms in total. The number of benzene rings is 1. The van der Waals surface area contributed by atoms with E-state index >= 15 is 0 Å². The molecular weight excluding hydrogens is 310 g/mol. The van der Waals surface area contributed by atoms with Gasteiger partial charge >= 0.3 is 0 Å². The quantitative estimate of drug-likeness (QED) is 0.484. The number of nitrogens with zero attached hydrogens (tertiary/aromatic N) is 3. The first kappa shape index (κ1) is 18.1. The minimum atomic E-state index is -0.450. The fraction of sp³-hybridized carbons (Fsp3) is 0.471. The first-order valence-electron chi connectivity index (χ1n) is 8.11. The highest BCUT2D eigenvalue weighted by Gasteiger charge is 2.23. The molecule has 7 heteroatoms. The molecule has 2 rings (SSSR count). The van der Waals surface area contributed by atoms with Crippen molar-refractivity contribution < 1.29 is 14.8 Å². The zero-order valence-corrected chi connectivity index (χ0v) is 13.8. The molecule has 1 aromatic carbocycles. The maximum Gasteiger partial charge on any atom is 0.269 e. The summed E-state index contributed by atoms with van der Waals surface area (Å²) >= 11 is 0. The van der Waals surface area contributed by atoms with Crippen molar-refractivity contribution in [2.45, 2.75) is 19.4 Å². The van der Waals surface area contributed by atoms with Gasteiger partial charge in [0.1, 0.15) is 0 Å². The summed E-state index contributed by atoms with van der Waals surface area (Å²) in [7, 11) is 0. The molecule has 1 aliphatic heterocycles. The Morgan fingerprint density at radius 3 is 2.42 bits per heavy atom. The van der Waals surface area contributed by atoms with Gasteiger partial charge in [-0.15, -0.1) is 0 Å². The zero-order chi connectivity index (χ0) is 17.5. The molecule has 1 N–H and O–H groups in total. The Hall–Kier alpha value is -2.25. The fourth-order valence-corrected chi connectivity index (χ4v) is 2.79. The van der Waals surface area contributed by atoms with Crippen LogP contribution in [0.1, 0.15) is 18.9 Å². The smallest absolute Gasteiger partial charge is 0.269 e. The van der Waals surface area contributed by atoms with Crippen LogP contribution in [0.15, 0.2) is 30.3 Å². The summed E-state index contributed by atoms with van der Waals surface area (Å²) in [5, 5.41) is 20.0. The van der Waals surface area contributed by atoms with Gasteiger partial charge in [0.25, 0.3) is 5.69 Å². The summed E-state index contributed by atoms with van der Waals surface area (Å²) in [6.07, 6.45) is 4.06. The van der Waals surface area contributed by atoms with Crippen LogP contribution in [0.4, 0.5) is 5.69 Å². The van der Waals surface area contributed by atoms with Gasteiger partial charge in [0, 0.05) is 50.4 Å². The van der Waals surface area contributed by atoms with E-state index in [1.807, 2.05) is 6.92 Å². The molecule has 1 saturated heterocycles. The Morgan fingerprint density at radius 2 is 1.92 bits per heavy atom. The number of non-ortho nitro benzene ring substituents is 1. The third kappa shape index (κ3) is 4.62. The third-order valence-corrected chi connectivity index (χ3v) is 4.35. The van der Waals surface area contributed by atoms with Crippen LogP contribution < -0.4 is 0 Å². The summed E-state index contributed by atoms with van der Waals surface area (Å²) in [5.41, 5.74) is 0.780. The highest BCUT2D eigenvalue weighted by Crippen LogP contribution is 2.14. The van der Waals surface area contributed by atoms with Crippen molar-refractivity contribution in [2.75, 3.05) is 32.8 Å². The molecule has 1 unspecified atom stereocenters. The summed E-state index contributed by atoms with van der Waals surface area (Å²) in [5.74, 6) is -0.0648. The number of aliphatic hydroxyl groups excluding tert-OH is 1. The van der Waals surface area contributed by atoms with Crippen LogP contribution in [-0.2, 0) is 4.79 Å². The van der Waals surface area contributed by atoms with Crippen molar-refractivity contribution in [2.24, 2.45) is 0 Å². The van der Waals surface area contributed by atoms with Gasteiger partial charge in [-0.1, -0.05) is 6.92 Å². The molecule has 1 aliphatic rings. The molecule has 24 heavy (non-hydrogen) atoms. The molecule has 130 valence electrons. The number of nitro groups is 1. The van der Waals surface area contributed by atoms with Crippen LogP contribution in [-0.4, -0.2) is 64.6 Å². The van der Waals surface area contributed by atoms with Gasteiger partial charge in [-0.25, -0.2) is 0 Å². The predicted octanol–water partition coefficient (Wildman–Crippen LogP) is 1.52. The standard InChI is InChI=1S/C17H23N3O4/c1-2-15(13-21)18-9-11-19(12-10-18)17(22)8-5-14-3-6-16(7-4-14)20(23)24/h3-8,15,21H,2,9-13H2,1H3/b8-5+. The van der Waals surface area contributed by atoms with Crippen LogP contribution >= 0.6 is 0 Å². The number of nitro benzene ring substituents is 1. The van der Waals surface area contributed by atoms with E-state index < -0.39 is 4.92 Å². The molecule has 1 heterocycles. The molecule has 0 aromatic heterocycles. The minimum Gasteiger partial charge on any atom is -0.395 e. The van der Waals surface area contributed by atoms with Gasteiger partial charge in [0.15, 0.2) is 0 Å². The van der Waals surface area contributed by atoms with E-state index in [-0.39, 0.29) is 24.2 Å². The Morgan fingerprint density at radius 1 is 1.29 bits per heavy atom. The summed E-state index contributed by atoms with van der Waals surface area (Å²) in [4.78, 5) is 26.4. The van der Waals surface area contributed by atoms with Crippen molar-refractivity contribution in [1.82, 2.24) is 9.80 Å². The number of amides is 1. The van der Waals surface area contributed by atoms with Crippen LogP contribution in [0, 0.1) is 10.1 Å². The number of rotatable bonds is 6. The maximum atomic E-state index is 12.2. The summed E-state index contributed by atoms with van der Waals surface area (Å²) in [6.45, 7) is 4.99. The van der Waals surface area contributed by atoms with Gasteiger partial charge in [-0.3, -0.25) is 19.8 Å². The molecule has 1 atom stereocenters. The minimum absolute atomic E-state index is 0.0314. The largest absolute Gasteiger partial charge is 0.395 e. The second kappa shape index (κ2) is 8.56. The number of carbonyl (C=O) groups excluding carboxylic acids is 1. The van der Waals surface area contributed by atoms with E-state index in [0.29, 0.717) is 13.1 Å².